The van der Waals surface area contributed by atoms with Gasteiger partial charge in [0.2, 0.25) is 36.0 Å². The van der Waals surface area contributed by atoms with E-state index in [0.29, 0.717) is 45.2 Å². The molecule has 0 aliphatic rings. The first-order valence-corrected chi connectivity index (χ1v) is 18.7. The van der Waals surface area contributed by atoms with Gasteiger partial charge >= 0.3 is 0 Å². The molecular weight excluding hydrogens is 662 g/mol. The van der Waals surface area contributed by atoms with E-state index in [0.717, 1.165) is 10.3 Å². The van der Waals surface area contributed by atoms with Crippen molar-refractivity contribution in [3.05, 3.63) is 66.0 Å². The number of carbonyl (C=O) groups excluding carboxylic acids is 5. The Balaban J connectivity index is 2.26. The van der Waals surface area contributed by atoms with Crippen LogP contribution in [0.2, 0.25) is 0 Å². The van der Waals surface area contributed by atoms with E-state index >= 15 is 0 Å². The van der Waals surface area contributed by atoms with Crippen molar-refractivity contribution in [2.45, 2.75) is 118 Å². The minimum atomic E-state index is -0.919. The van der Waals surface area contributed by atoms with E-state index in [1.54, 1.807) is 0 Å². The maximum atomic E-state index is 14.0. The van der Waals surface area contributed by atoms with Crippen LogP contribution in [0.3, 0.4) is 0 Å². The Morgan fingerprint density at radius 2 is 1.35 bits per heavy atom. The molecule has 0 aliphatic heterocycles. The summed E-state index contributed by atoms with van der Waals surface area (Å²) >= 11 is 0. The second-order valence-corrected chi connectivity index (χ2v) is 14.2. The van der Waals surface area contributed by atoms with Gasteiger partial charge in [0.1, 0.15) is 18.1 Å². The Bertz CT molecular complexity index is 1420. The molecule has 0 fully saturated rings. The number of benzene rings is 1. The quantitative estimate of drug-likeness (QED) is 0.0720. The van der Waals surface area contributed by atoms with E-state index in [1.807, 2.05) is 85.7 Å². The van der Waals surface area contributed by atoms with Crippen molar-refractivity contribution in [2.75, 3.05) is 13.1 Å². The molecule has 52 heavy (non-hydrogen) atoms. The fourth-order valence-corrected chi connectivity index (χ4v) is 5.83. The van der Waals surface area contributed by atoms with Gasteiger partial charge in [0.05, 0.1) is 11.6 Å². The van der Waals surface area contributed by atoms with Gasteiger partial charge in [-0.2, -0.15) is 0 Å². The van der Waals surface area contributed by atoms with E-state index in [1.165, 1.54) is 24.5 Å². The lowest BCUT2D eigenvalue weighted by Crippen LogP contribution is -2.58. The third-order valence-electron chi connectivity index (χ3n) is 9.09. The smallest absolute Gasteiger partial charge is 0.252 e. The Hall–Kier alpha value is -4.52. The van der Waals surface area contributed by atoms with Gasteiger partial charge < -0.3 is 31.9 Å². The van der Waals surface area contributed by atoms with Crippen molar-refractivity contribution in [1.82, 2.24) is 31.9 Å². The summed E-state index contributed by atoms with van der Waals surface area (Å²) in [5.41, 5.74) is 1.29. The lowest BCUT2D eigenvalue weighted by molar-refractivity contribution is -0.904. The molecule has 13 heteroatoms. The molecule has 0 saturated heterocycles. The number of carbonyl (C=O) groups is 5. The van der Waals surface area contributed by atoms with Crippen LogP contribution in [0, 0.1) is 17.8 Å². The third kappa shape index (κ3) is 14.6. The maximum absolute atomic E-state index is 14.0. The van der Waals surface area contributed by atoms with Gasteiger partial charge in [0.15, 0.2) is 0 Å². The molecule has 1 aromatic heterocycles. The van der Waals surface area contributed by atoms with E-state index in [9.17, 15) is 29.2 Å². The van der Waals surface area contributed by atoms with E-state index in [2.05, 4.69) is 31.9 Å². The highest BCUT2D eigenvalue weighted by molar-refractivity contribution is 5.98. The molecule has 0 saturated carbocycles. The molecule has 1 aromatic carbocycles. The topological polar surface area (TPSA) is 182 Å². The lowest BCUT2D eigenvalue weighted by Gasteiger charge is -2.29. The fourth-order valence-electron chi connectivity index (χ4n) is 5.83. The molecule has 1 heterocycles. The van der Waals surface area contributed by atoms with Crippen LogP contribution < -0.4 is 36.6 Å². The normalized spacial score (nSPS) is 14.7. The summed E-state index contributed by atoms with van der Waals surface area (Å²) in [6, 6.07) is 9.10. The molecular formula is C39H62N7O6+. The number of rotatable bonds is 22. The summed E-state index contributed by atoms with van der Waals surface area (Å²) in [7, 11) is 0. The van der Waals surface area contributed by atoms with Gasteiger partial charge in [-0.25, -0.2) is 0 Å². The lowest BCUT2D eigenvalue weighted by atomic mass is 9.96. The van der Waals surface area contributed by atoms with Crippen molar-refractivity contribution in [3.63, 3.8) is 0 Å². The summed E-state index contributed by atoms with van der Waals surface area (Å²) < 4.78 is 0.821. The molecule has 288 valence electrons. The predicted octanol–water partition coefficient (Wildman–Crippen LogP) is 2.65. The van der Waals surface area contributed by atoms with Crippen molar-refractivity contribution < 1.29 is 33.9 Å². The Labute approximate surface area is 309 Å². The molecule has 0 aliphatic carbocycles. The number of pyridine rings is 1. The Morgan fingerprint density at radius 3 is 1.90 bits per heavy atom. The molecule has 2 rings (SSSR count). The molecule has 0 bridgehead atoms. The minimum Gasteiger partial charge on any atom is -0.355 e. The van der Waals surface area contributed by atoms with Gasteiger partial charge in [-0.05, 0) is 55.9 Å². The van der Waals surface area contributed by atoms with Crippen LogP contribution in [-0.2, 0) is 25.6 Å². The van der Waals surface area contributed by atoms with Gasteiger partial charge in [-0.3, -0.25) is 29.2 Å². The van der Waals surface area contributed by atoms with Crippen LogP contribution in [0.5, 0.6) is 0 Å². The summed E-state index contributed by atoms with van der Waals surface area (Å²) in [4.78, 5) is 66.9. The highest BCUT2D eigenvalue weighted by Crippen LogP contribution is 2.13. The van der Waals surface area contributed by atoms with Crippen LogP contribution in [0.15, 0.2) is 54.9 Å². The molecule has 2 unspecified atom stereocenters. The van der Waals surface area contributed by atoms with Crippen LogP contribution in [-0.4, -0.2) is 78.0 Å². The SMILES string of the molecule is CCNC(=O)C(NC(=O)[C@H](CC)NC[C@H](CC(C)C)NC(=O)[C@H](CCc1ccccc1)NC(=O)C(NC(=O)c1cc[n+](O)cc1)[C@@H](C)CC)C(C)C. The summed E-state index contributed by atoms with van der Waals surface area (Å²) in [6.07, 6.45) is 5.16. The Kier molecular flexibility index (Phi) is 18.8. The zero-order chi connectivity index (χ0) is 38.8. The molecule has 2 aromatic rings. The number of hydrogen-bond donors (Lipinski definition) is 7. The first kappa shape index (κ1) is 43.6. The first-order valence-electron chi connectivity index (χ1n) is 18.7. The predicted molar refractivity (Wildman–Crippen MR) is 200 cm³/mol. The largest absolute Gasteiger partial charge is 0.355 e. The molecule has 6 atom stereocenters. The minimum absolute atomic E-state index is 0.107. The van der Waals surface area contributed by atoms with Gasteiger partial charge in [-0.15, -0.1) is 0 Å². The number of nitrogens with one attached hydrogen (secondary N) is 6. The van der Waals surface area contributed by atoms with E-state index in [4.69, 9.17) is 0 Å². The highest BCUT2D eigenvalue weighted by Gasteiger charge is 2.32. The number of aryl methyl sites for hydroxylation is 1. The molecule has 0 radical (unpaired) electrons. The summed E-state index contributed by atoms with van der Waals surface area (Å²) in [5.74, 6) is -1.98. The van der Waals surface area contributed by atoms with Crippen LogP contribution in [0.25, 0.3) is 0 Å². The highest BCUT2D eigenvalue weighted by atomic mass is 16.5. The van der Waals surface area contributed by atoms with Crippen LogP contribution in [0.1, 0.15) is 97.0 Å². The zero-order valence-corrected chi connectivity index (χ0v) is 32.2. The number of amides is 5. The third-order valence-corrected chi connectivity index (χ3v) is 9.09. The summed E-state index contributed by atoms with van der Waals surface area (Å²) in [6.45, 7) is 16.1. The standard InChI is InChI=1S/C39H61N7O6/c1-9-27(8)34(45-35(47)29-19-21-46(52)22-20-29)39(51)43-32(18-17-28-15-13-12-14-16-28)37(49)42-30(23-25(4)5)24-41-31(10-2)36(48)44-33(26(6)7)38(50)40-11-3/h12-16,19-22,25-27,30-34,41H,9-11,17-18,23-24H2,1-8H3,(H5-,40,42,43,44,45,47,48,49,50,51,52)/p+1/t27-,30-,31-,32-,33?,34?/m0/s1. The molecule has 5 amide bonds. The average molecular weight is 725 g/mol. The van der Waals surface area contributed by atoms with E-state index in [-0.39, 0.29) is 47.1 Å². The fraction of sp³-hybridized carbons (Fsp3) is 0.590. The van der Waals surface area contributed by atoms with Crippen LogP contribution in [0.4, 0.5) is 0 Å². The van der Waals surface area contributed by atoms with Gasteiger partial charge in [0.25, 0.3) is 5.91 Å². The van der Waals surface area contributed by atoms with Crippen LogP contribution >= 0.6 is 0 Å². The van der Waals surface area contributed by atoms with Crippen molar-refractivity contribution in [1.29, 1.82) is 0 Å². The second-order valence-electron chi connectivity index (χ2n) is 14.2. The Morgan fingerprint density at radius 1 is 0.712 bits per heavy atom. The van der Waals surface area contributed by atoms with Gasteiger partial charge in [-0.1, -0.05) is 85.2 Å². The number of likely N-dealkylation sites (N-methyl/N-ethyl adjacent to an activating group) is 1. The van der Waals surface area contributed by atoms with Crippen molar-refractivity contribution in [2.24, 2.45) is 17.8 Å². The number of aromatic nitrogens is 1. The van der Waals surface area contributed by atoms with Crippen molar-refractivity contribution in [3.8, 4) is 0 Å². The molecule has 7 N–H and O–H groups in total. The maximum Gasteiger partial charge on any atom is 0.252 e. The van der Waals surface area contributed by atoms with Crippen molar-refractivity contribution >= 4 is 29.5 Å². The monoisotopic (exact) mass is 724 g/mol. The number of hydrogen-bond acceptors (Lipinski definition) is 7. The molecule has 0 spiro atoms. The first-order chi connectivity index (χ1) is 24.7. The second kappa shape index (κ2) is 22.4. The summed E-state index contributed by atoms with van der Waals surface area (Å²) in [5, 5.41) is 27.4. The zero-order valence-electron chi connectivity index (χ0n) is 32.2. The van der Waals surface area contributed by atoms with E-state index < -0.39 is 36.0 Å². The average Bonchev–Trinajstić information content (AvgIpc) is 3.11. The molecule has 13 nitrogen and oxygen atoms in total. The number of nitrogens with zero attached hydrogens (tertiary/aromatic N) is 1. The van der Waals surface area contributed by atoms with Gasteiger partial charge in [0, 0.05) is 36.0 Å².